The first-order valence-corrected chi connectivity index (χ1v) is 10.4. The van der Waals surface area contributed by atoms with Crippen molar-refractivity contribution in [2.45, 2.75) is 38.6 Å². The van der Waals surface area contributed by atoms with Crippen LogP contribution in [-0.2, 0) is 19.7 Å². The Morgan fingerprint density at radius 2 is 1.83 bits per heavy atom. The van der Waals surface area contributed by atoms with E-state index in [0.29, 0.717) is 44.6 Å². The second-order valence-corrected chi connectivity index (χ2v) is 9.15. The van der Waals surface area contributed by atoms with Gasteiger partial charge < -0.3 is 9.64 Å². The van der Waals surface area contributed by atoms with Crippen LogP contribution in [0.5, 0.6) is 0 Å². The van der Waals surface area contributed by atoms with Crippen molar-refractivity contribution in [3.8, 4) is 0 Å². The van der Waals surface area contributed by atoms with Crippen LogP contribution in [-0.4, -0.2) is 69.5 Å². The number of likely N-dealkylation sites (tertiary alicyclic amines) is 1. The number of nitrogens with zero attached hydrogens (tertiary/aromatic N) is 2. The highest BCUT2D eigenvalue weighted by Gasteiger charge is 2.45. The summed E-state index contributed by atoms with van der Waals surface area (Å²) in [6.07, 6.45) is 3.98. The van der Waals surface area contributed by atoms with Crippen LogP contribution in [0.25, 0.3) is 0 Å². The van der Waals surface area contributed by atoms with Crippen LogP contribution in [0.1, 0.15) is 32.6 Å². The summed E-state index contributed by atoms with van der Waals surface area (Å²) < 4.78 is 35.1. The average molecular weight is 359 g/mol. The lowest BCUT2D eigenvalue weighted by Crippen LogP contribution is -2.51. The zero-order valence-corrected chi connectivity index (χ0v) is 15.4. The molecule has 0 bridgehead atoms. The Balaban J connectivity index is 1.60. The Hall–Kier alpha value is -0.700. The topological polar surface area (TPSA) is 79.0 Å². The first-order valence-electron chi connectivity index (χ1n) is 8.92. The molecule has 1 saturated carbocycles. The predicted octanol–water partition coefficient (Wildman–Crippen LogP) is 0.436. The molecule has 1 amide bonds. The molecule has 0 radical (unpaired) electrons. The Labute approximate surface area is 144 Å². The third-order valence-electron chi connectivity index (χ3n) is 5.65. The molecular weight excluding hydrogens is 330 g/mol. The maximum atomic E-state index is 12.8. The summed E-state index contributed by atoms with van der Waals surface area (Å²) >= 11 is 0. The number of ether oxygens (including phenoxy) is 1. The molecule has 0 aromatic heterocycles. The minimum absolute atomic E-state index is 0.0303. The number of carbonyl (C=O) groups is 1. The van der Waals surface area contributed by atoms with Crippen molar-refractivity contribution in [3.63, 3.8) is 0 Å². The van der Waals surface area contributed by atoms with Crippen LogP contribution in [0.2, 0.25) is 0 Å². The largest absolute Gasteiger partial charge is 0.384 e. The minimum Gasteiger partial charge on any atom is -0.384 e. The molecule has 2 heterocycles. The quantitative estimate of drug-likeness (QED) is 0.746. The number of nitrogens with one attached hydrogen (secondary N) is 1. The van der Waals surface area contributed by atoms with Crippen LogP contribution in [0.4, 0.5) is 0 Å². The number of carbonyl (C=O) groups excluding carboxylic acids is 1. The van der Waals surface area contributed by atoms with Crippen LogP contribution < -0.4 is 4.72 Å². The van der Waals surface area contributed by atoms with E-state index in [9.17, 15) is 13.2 Å². The van der Waals surface area contributed by atoms with E-state index < -0.39 is 10.2 Å². The lowest BCUT2D eigenvalue weighted by atomic mass is 9.99. The number of methoxy groups -OCH3 is 1. The van der Waals surface area contributed by atoms with E-state index in [4.69, 9.17) is 4.74 Å². The van der Waals surface area contributed by atoms with Gasteiger partial charge in [-0.05, 0) is 43.4 Å². The van der Waals surface area contributed by atoms with Crippen molar-refractivity contribution in [2.24, 2.45) is 17.8 Å². The van der Waals surface area contributed by atoms with Gasteiger partial charge in [-0.15, -0.1) is 0 Å². The fourth-order valence-corrected chi connectivity index (χ4v) is 5.50. The highest BCUT2D eigenvalue weighted by molar-refractivity contribution is 7.87. The van der Waals surface area contributed by atoms with Crippen LogP contribution in [0.3, 0.4) is 0 Å². The third-order valence-corrected chi connectivity index (χ3v) is 7.30. The summed E-state index contributed by atoms with van der Waals surface area (Å²) in [5.74, 6) is 1.30. The van der Waals surface area contributed by atoms with Gasteiger partial charge in [-0.3, -0.25) is 4.79 Å². The first kappa shape index (κ1) is 18.1. The molecule has 7 nitrogen and oxygen atoms in total. The Bertz CT molecular complexity index is 556. The smallest absolute Gasteiger partial charge is 0.279 e. The summed E-state index contributed by atoms with van der Waals surface area (Å²) in [5.41, 5.74) is 0. The standard InChI is InChI=1S/C16H29N3O4S/c1-12(20)18-9-15(14-3-4-14)16(10-18)17-24(21,22)19-7-5-13(6-8-19)11-23-2/h13-17H,3-11H2,1-2H3/t15-,16+/m1/s1. The number of rotatable bonds is 6. The van der Waals surface area contributed by atoms with E-state index in [1.54, 1.807) is 23.2 Å². The molecular formula is C16H29N3O4S. The molecule has 0 aromatic rings. The Morgan fingerprint density at radius 1 is 1.17 bits per heavy atom. The zero-order valence-electron chi connectivity index (χ0n) is 14.6. The van der Waals surface area contributed by atoms with E-state index in [1.165, 1.54) is 0 Å². The van der Waals surface area contributed by atoms with Crippen molar-refractivity contribution in [2.75, 3.05) is 39.9 Å². The average Bonchev–Trinajstić information content (AvgIpc) is 3.29. The van der Waals surface area contributed by atoms with Crippen molar-refractivity contribution in [3.05, 3.63) is 0 Å². The monoisotopic (exact) mass is 359 g/mol. The van der Waals surface area contributed by atoms with Crippen molar-refractivity contribution >= 4 is 16.1 Å². The normalized spacial score (nSPS) is 30.0. The highest BCUT2D eigenvalue weighted by atomic mass is 32.2. The summed E-state index contributed by atoms with van der Waals surface area (Å²) in [4.78, 5) is 13.5. The number of hydrogen-bond donors (Lipinski definition) is 1. The van der Waals surface area contributed by atoms with Crippen molar-refractivity contribution in [1.29, 1.82) is 0 Å². The second-order valence-electron chi connectivity index (χ2n) is 7.45. The Kier molecular flexibility index (Phi) is 5.48. The van der Waals surface area contributed by atoms with Crippen LogP contribution in [0, 0.1) is 17.8 Å². The van der Waals surface area contributed by atoms with Gasteiger partial charge in [0.1, 0.15) is 0 Å². The van der Waals surface area contributed by atoms with E-state index in [0.717, 1.165) is 25.7 Å². The van der Waals surface area contributed by atoms with E-state index in [2.05, 4.69) is 4.72 Å². The molecule has 0 unspecified atom stereocenters. The molecule has 0 aromatic carbocycles. The number of hydrogen-bond acceptors (Lipinski definition) is 4. The second kappa shape index (κ2) is 7.27. The van der Waals surface area contributed by atoms with Gasteiger partial charge in [-0.1, -0.05) is 0 Å². The maximum absolute atomic E-state index is 12.8. The molecule has 0 spiro atoms. The van der Waals surface area contributed by atoms with Gasteiger partial charge in [-0.2, -0.15) is 17.4 Å². The van der Waals surface area contributed by atoms with E-state index in [1.807, 2.05) is 0 Å². The van der Waals surface area contributed by atoms with Crippen LogP contribution >= 0.6 is 0 Å². The van der Waals surface area contributed by atoms with E-state index in [-0.39, 0.29) is 17.9 Å². The SMILES string of the molecule is COCC1CCN(S(=O)(=O)N[C@H]2CN(C(C)=O)C[C@@H]2C2CC2)CC1. The van der Waals surface area contributed by atoms with Gasteiger partial charge in [0.15, 0.2) is 0 Å². The maximum Gasteiger partial charge on any atom is 0.279 e. The lowest BCUT2D eigenvalue weighted by molar-refractivity contribution is -0.128. The van der Waals surface area contributed by atoms with Gasteiger partial charge in [0.2, 0.25) is 5.91 Å². The molecule has 1 N–H and O–H groups in total. The molecule has 8 heteroatoms. The molecule has 3 fully saturated rings. The zero-order chi connectivity index (χ0) is 17.3. The molecule has 138 valence electrons. The van der Waals surface area contributed by atoms with E-state index >= 15 is 0 Å². The molecule has 1 aliphatic carbocycles. The molecule has 2 aliphatic heterocycles. The van der Waals surface area contributed by atoms with Gasteiger partial charge in [-0.25, -0.2) is 0 Å². The summed E-state index contributed by atoms with van der Waals surface area (Å²) in [7, 11) is -1.80. The first-order chi connectivity index (χ1) is 11.4. The fourth-order valence-electron chi connectivity index (χ4n) is 4.03. The van der Waals surface area contributed by atoms with Gasteiger partial charge in [0.25, 0.3) is 10.2 Å². The van der Waals surface area contributed by atoms with Crippen molar-refractivity contribution in [1.82, 2.24) is 13.9 Å². The fraction of sp³-hybridized carbons (Fsp3) is 0.938. The minimum atomic E-state index is -3.49. The molecule has 2 saturated heterocycles. The molecule has 2 atom stereocenters. The van der Waals surface area contributed by atoms with Gasteiger partial charge in [0.05, 0.1) is 0 Å². The summed E-state index contributed by atoms with van der Waals surface area (Å²) in [5, 5.41) is 0. The number of piperidine rings is 1. The third kappa shape index (κ3) is 4.09. The van der Waals surface area contributed by atoms with Crippen molar-refractivity contribution < 1.29 is 17.9 Å². The van der Waals surface area contributed by atoms with Gasteiger partial charge in [0, 0.05) is 52.9 Å². The highest BCUT2D eigenvalue weighted by Crippen LogP contribution is 2.41. The van der Waals surface area contributed by atoms with Gasteiger partial charge >= 0.3 is 0 Å². The predicted molar refractivity (Wildman–Crippen MR) is 90.5 cm³/mol. The van der Waals surface area contributed by atoms with Crippen LogP contribution in [0.15, 0.2) is 0 Å². The molecule has 24 heavy (non-hydrogen) atoms. The molecule has 3 aliphatic rings. The Morgan fingerprint density at radius 3 is 2.38 bits per heavy atom. The summed E-state index contributed by atoms with van der Waals surface area (Å²) in [6.45, 7) is 4.52. The lowest BCUT2D eigenvalue weighted by Gasteiger charge is -2.32. The number of amides is 1. The molecule has 3 rings (SSSR count). The summed E-state index contributed by atoms with van der Waals surface area (Å²) in [6, 6.07) is -0.150.